The molecule has 0 amide bonds. The van der Waals surface area contributed by atoms with E-state index in [0.717, 1.165) is 12.0 Å². The van der Waals surface area contributed by atoms with Crippen molar-refractivity contribution in [1.82, 2.24) is 0 Å². The summed E-state index contributed by atoms with van der Waals surface area (Å²) in [5, 5.41) is 7.75. The van der Waals surface area contributed by atoms with Crippen LogP contribution in [0.25, 0.3) is 0 Å². The number of hydrogen-bond donors (Lipinski definition) is 1. The van der Waals surface area contributed by atoms with Crippen molar-refractivity contribution in [3.8, 4) is 0 Å². The molecular formula is C13H15ClO3. The molecule has 0 aliphatic rings. The number of alkyl halides is 1. The Kier molecular flexibility index (Phi) is 5.16. The molecule has 0 heterocycles. The number of ketones is 1. The number of carboxylic acids is 1. The van der Waals surface area contributed by atoms with Gasteiger partial charge in [0.2, 0.25) is 0 Å². The number of Topliss-reactive ketones (excluding diaryl/α,β-unsaturated/α-hetero) is 1. The summed E-state index contributed by atoms with van der Waals surface area (Å²) in [6.07, 6.45) is 0.982. The average molecular weight is 255 g/mol. The van der Waals surface area contributed by atoms with Gasteiger partial charge in [-0.1, -0.05) is 31.2 Å². The van der Waals surface area contributed by atoms with E-state index in [1.165, 1.54) is 0 Å². The van der Waals surface area contributed by atoms with Gasteiger partial charge in [-0.3, -0.25) is 9.59 Å². The van der Waals surface area contributed by atoms with Crippen LogP contribution in [0.3, 0.4) is 0 Å². The van der Waals surface area contributed by atoms with Crippen LogP contribution in [0.5, 0.6) is 0 Å². The van der Waals surface area contributed by atoms with Gasteiger partial charge in [-0.25, -0.2) is 0 Å². The quantitative estimate of drug-likeness (QED) is 0.627. The molecule has 1 aromatic rings. The summed E-state index contributed by atoms with van der Waals surface area (Å²) < 4.78 is 0. The van der Waals surface area contributed by atoms with E-state index in [0.29, 0.717) is 5.56 Å². The van der Waals surface area contributed by atoms with Gasteiger partial charge in [-0.2, -0.15) is 0 Å². The lowest BCUT2D eigenvalue weighted by molar-refractivity contribution is -0.137. The first-order chi connectivity index (χ1) is 8.04. The highest BCUT2D eigenvalue weighted by Gasteiger charge is 2.18. The Bertz CT molecular complexity index is 398. The molecule has 0 aliphatic heterocycles. The molecule has 0 fully saturated rings. The second-order valence-corrected chi connectivity index (χ2v) is 4.34. The molecule has 0 radical (unpaired) electrons. The topological polar surface area (TPSA) is 54.4 Å². The zero-order valence-electron chi connectivity index (χ0n) is 9.65. The second kappa shape index (κ2) is 6.40. The summed E-state index contributed by atoms with van der Waals surface area (Å²) in [6, 6.07) is 7.23. The fraction of sp³-hybridized carbons (Fsp3) is 0.385. The number of carbonyl (C=O) groups is 2. The smallest absolute Gasteiger partial charge is 0.303 e. The van der Waals surface area contributed by atoms with Crippen LogP contribution in [-0.4, -0.2) is 22.2 Å². The van der Waals surface area contributed by atoms with Crippen LogP contribution in [0.2, 0.25) is 0 Å². The highest BCUT2D eigenvalue weighted by molar-refractivity contribution is 6.33. The van der Waals surface area contributed by atoms with Gasteiger partial charge in [0.15, 0.2) is 5.78 Å². The van der Waals surface area contributed by atoms with Crippen molar-refractivity contribution in [2.45, 2.75) is 31.6 Å². The minimum Gasteiger partial charge on any atom is -0.481 e. The van der Waals surface area contributed by atoms with Gasteiger partial charge >= 0.3 is 5.97 Å². The molecule has 1 aromatic carbocycles. The third-order valence-electron chi connectivity index (χ3n) is 2.54. The van der Waals surface area contributed by atoms with E-state index in [1.54, 1.807) is 12.1 Å². The van der Waals surface area contributed by atoms with Crippen molar-refractivity contribution in [1.29, 1.82) is 0 Å². The number of halogens is 1. The number of rotatable bonds is 6. The largest absolute Gasteiger partial charge is 0.481 e. The Morgan fingerprint density at radius 1 is 1.29 bits per heavy atom. The van der Waals surface area contributed by atoms with Crippen LogP contribution in [0.15, 0.2) is 24.3 Å². The normalized spacial score (nSPS) is 12.1. The minimum atomic E-state index is -0.940. The summed E-state index contributed by atoms with van der Waals surface area (Å²) in [5.74, 6) is -1.15. The third-order valence-corrected chi connectivity index (χ3v) is 2.96. The van der Waals surface area contributed by atoms with Gasteiger partial charge in [-0.05, 0) is 18.4 Å². The molecule has 1 unspecified atom stereocenters. The van der Waals surface area contributed by atoms with E-state index < -0.39 is 11.3 Å². The molecule has 0 aliphatic carbocycles. The summed E-state index contributed by atoms with van der Waals surface area (Å²) >= 11 is 5.87. The molecule has 1 rings (SSSR count). The summed E-state index contributed by atoms with van der Waals surface area (Å²) in [5.41, 5.74) is 1.69. The van der Waals surface area contributed by atoms with E-state index in [-0.39, 0.29) is 18.6 Å². The van der Waals surface area contributed by atoms with Crippen molar-refractivity contribution < 1.29 is 14.7 Å². The maximum absolute atomic E-state index is 11.8. The lowest BCUT2D eigenvalue weighted by Gasteiger charge is -2.07. The Labute approximate surface area is 105 Å². The number of aryl methyl sites for hydroxylation is 1. The lowest BCUT2D eigenvalue weighted by Crippen LogP contribution is -2.16. The molecule has 0 aromatic heterocycles. The number of carboxylic acid groups (broad SMARTS) is 1. The first-order valence-corrected chi connectivity index (χ1v) is 5.97. The molecule has 1 atom stereocenters. The molecular weight excluding hydrogens is 240 g/mol. The number of benzene rings is 1. The maximum atomic E-state index is 11.8. The molecule has 92 valence electrons. The molecule has 0 saturated heterocycles. The van der Waals surface area contributed by atoms with Crippen LogP contribution < -0.4 is 0 Å². The first-order valence-electron chi connectivity index (χ1n) is 5.53. The fourth-order valence-corrected chi connectivity index (χ4v) is 1.70. The van der Waals surface area contributed by atoms with Crippen molar-refractivity contribution in [2.75, 3.05) is 0 Å². The highest BCUT2D eigenvalue weighted by atomic mass is 35.5. The minimum absolute atomic E-state index is 0.0903. The molecule has 17 heavy (non-hydrogen) atoms. The van der Waals surface area contributed by atoms with Crippen molar-refractivity contribution in [3.63, 3.8) is 0 Å². The molecule has 0 bridgehead atoms. The van der Waals surface area contributed by atoms with Crippen molar-refractivity contribution in [3.05, 3.63) is 35.4 Å². The van der Waals surface area contributed by atoms with E-state index >= 15 is 0 Å². The van der Waals surface area contributed by atoms with Crippen LogP contribution in [0.4, 0.5) is 0 Å². The summed E-state index contributed by atoms with van der Waals surface area (Å²) in [6.45, 7) is 2.04. The second-order valence-electron chi connectivity index (χ2n) is 3.81. The Balaban J connectivity index is 2.64. The van der Waals surface area contributed by atoms with Gasteiger partial charge in [-0.15, -0.1) is 11.6 Å². The number of aliphatic carboxylic acids is 1. The standard InChI is InChI=1S/C13H15ClO3/c1-2-9-3-5-10(6-4-9)13(17)11(14)7-8-12(15)16/h3-6,11H,2,7-8H2,1H3,(H,15,16). The fourth-order valence-electron chi connectivity index (χ4n) is 1.47. The predicted octanol–water partition coefficient (Wildman–Crippen LogP) is 2.90. The van der Waals surface area contributed by atoms with E-state index in [9.17, 15) is 9.59 Å². The SMILES string of the molecule is CCc1ccc(C(=O)C(Cl)CCC(=O)O)cc1. The molecule has 4 heteroatoms. The summed E-state index contributed by atoms with van der Waals surface area (Å²) in [7, 11) is 0. The molecule has 0 saturated carbocycles. The van der Waals surface area contributed by atoms with Gasteiger partial charge in [0, 0.05) is 12.0 Å². The highest BCUT2D eigenvalue weighted by Crippen LogP contribution is 2.14. The van der Waals surface area contributed by atoms with Gasteiger partial charge in [0.25, 0.3) is 0 Å². The maximum Gasteiger partial charge on any atom is 0.303 e. The van der Waals surface area contributed by atoms with E-state index in [4.69, 9.17) is 16.7 Å². The van der Waals surface area contributed by atoms with Crippen molar-refractivity contribution >= 4 is 23.4 Å². The molecule has 1 N–H and O–H groups in total. The number of hydrogen-bond acceptors (Lipinski definition) is 2. The van der Waals surface area contributed by atoms with Crippen LogP contribution >= 0.6 is 11.6 Å². The van der Waals surface area contributed by atoms with Gasteiger partial charge in [0.1, 0.15) is 0 Å². The lowest BCUT2D eigenvalue weighted by atomic mass is 10.0. The van der Waals surface area contributed by atoms with Crippen LogP contribution in [0, 0.1) is 0 Å². The number of carbonyl (C=O) groups excluding carboxylic acids is 1. The zero-order valence-corrected chi connectivity index (χ0v) is 10.4. The first kappa shape index (κ1) is 13.7. The van der Waals surface area contributed by atoms with Gasteiger partial charge in [0.05, 0.1) is 5.38 Å². The molecule has 0 spiro atoms. The molecule has 3 nitrogen and oxygen atoms in total. The Hall–Kier alpha value is -1.35. The average Bonchev–Trinajstić information content (AvgIpc) is 2.35. The van der Waals surface area contributed by atoms with Gasteiger partial charge < -0.3 is 5.11 Å². The van der Waals surface area contributed by atoms with E-state index in [2.05, 4.69) is 0 Å². The van der Waals surface area contributed by atoms with Crippen LogP contribution in [0.1, 0.15) is 35.7 Å². The summed E-state index contributed by atoms with van der Waals surface area (Å²) in [4.78, 5) is 22.2. The van der Waals surface area contributed by atoms with Crippen molar-refractivity contribution in [2.24, 2.45) is 0 Å². The Morgan fingerprint density at radius 2 is 1.88 bits per heavy atom. The predicted molar refractivity (Wildman–Crippen MR) is 66.7 cm³/mol. The third kappa shape index (κ3) is 4.19. The zero-order chi connectivity index (χ0) is 12.8. The van der Waals surface area contributed by atoms with Crippen LogP contribution in [-0.2, 0) is 11.2 Å². The monoisotopic (exact) mass is 254 g/mol. The Morgan fingerprint density at radius 3 is 2.35 bits per heavy atom. The van der Waals surface area contributed by atoms with E-state index in [1.807, 2.05) is 19.1 Å².